The lowest BCUT2D eigenvalue weighted by Crippen LogP contribution is -2.36. The molecule has 0 aliphatic rings. The molecule has 0 aliphatic heterocycles. The van der Waals surface area contributed by atoms with E-state index in [0.29, 0.717) is 6.42 Å². The molecule has 0 aliphatic carbocycles. The van der Waals surface area contributed by atoms with Crippen LogP contribution in [0, 0.1) is 0 Å². The quantitative estimate of drug-likeness (QED) is 0.682. The highest BCUT2D eigenvalue weighted by Gasteiger charge is 2.18. The summed E-state index contributed by atoms with van der Waals surface area (Å²) in [5.41, 5.74) is 0. The monoisotopic (exact) mass is 239 g/mol. The minimum absolute atomic E-state index is 0.00497. The van der Waals surface area contributed by atoms with Crippen molar-refractivity contribution < 1.29 is 18.3 Å². The zero-order chi connectivity index (χ0) is 12.1. The van der Waals surface area contributed by atoms with Gasteiger partial charge in [0, 0.05) is 20.2 Å². The Kier molecular flexibility index (Phi) is 6.35. The molecule has 0 saturated heterocycles. The number of nitrogens with zero attached hydrogens (tertiary/aromatic N) is 1. The molecule has 0 heterocycles. The lowest BCUT2D eigenvalue weighted by molar-refractivity contribution is -0.0112. The van der Waals surface area contributed by atoms with E-state index in [0.717, 1.165) is 6.26 Å². The van der Waals surface area contributed by atoms with Crippen molar-refractivity contribution in [3.05, 3.63) is 0 Å². The number of hydrogen-bond acceptors (Lipinski definition) is 4. The van der Waals surface area contributed by atoms with E-state index < -0.39 is 10.0 Å². The van der Waals surface area contributed by atoms with Crippen molar-refractivity contribution in [1.29, 1.82) is 0 Å². The van der Waals surface area contributed by atoms with Gasteiger partial charge in [-0.2, -0.15) is 0 Å². The minimum Gasteiger partial charge on any atom is -0.396 e. The zero-order valence-corrected chi connectivity index (χ0v) is 10.6. The molecule has 0 radical (unpaired) electrons. The third-order valence-corrected chi connectivity index (χ3v) is 3.22. The number of hydrogen-bond donors (Lipinski definition) is 1. The van der Waals surface area contributed by atoms with E-state index >= 15 is 0 Å². The number of aliphatic hydroxyl groups is 1. The predicted molar refractivity (Wildman–Crippen MR) is 59.2 cm³/mol. The molecular formula is C9H21NO4S. The summed E-state index contributed by atoms with van der Waals surface area (Å²) in [6, 6.07) is 0. The molecule has 0 aromatic rings. The van der Waals surface area contributed by atoms with E-state index in [4.69, 9.17) is 9.84 Å². The van der Waals surface area contributed by atoms with Crippen LogP contribution in [0.25, 0.3) is 0 Å². The standard InChI is InChI=1S/C9H21NO4S/c1-8(2)14-9(5-6-11)7-10(3)15(4,12)13/h8-9,11H,5-7H2,1-4H3/t9-/m1/s1. The van der Waals surface area contributed by atoms with Crippen LogP contribution in [0.5, 0.6) is 0 Å². The van der Waals surface area contributed by atoms with Crippen molar-refractivity contribution in [3.8, 4) is 0 Å². The van der Waals surface area contributed by atoms with Crippen LogP contribution < -0.4 is 0 Å². The Bertz CT molecular complexity index is 263. The lowest BCUT2D eigenvalue weighted by Gasteiger charge is -2.24. The maximum absolute atomic E-state index is 11.2. The average Bonchev–Trinajstić information content (AvgIpc) is 2.01. The number of ether oxygens (including phenoxy) is 1. The summed E-state index contributed by atoms with van der Waals surface area (Å²) in [5.74, 6) is 0. The highest BCUT2D eigenvalue weighted by molar-refractivity contribution is 7.88. The third kappa shape index (κ3) is 6.83. The fraction of sp³-hybridized carbons (Fsp3) is 1.00. The van der Waals surface area contributed by atoms with Crippen LogP contribution in [0.4, 0.5) is 0 Å². The maximum Gasteiger partial charge on any atom is 0.211 e. The largest absolute Gasteiger partial charge is 0.396 e. The van der Waals surface area contributed by atoms with E-state index in [-0.39, 0.29) is 25.4 Å². The van der Waals surface area contributed by atoms with Gasteiger partial charge in [-0.15, -0.1) is 0 Å². The van der Waals surface area contributed by atoms with Crippen LogP contribution in [0.15, 0.2) is 0 Å². The van der Waals surface area contributed by atoms with E-state index in [1.165, 1.54) is 11.4 Å². The topological polar surface area (TPSA) is 66.8 Å². The first-order valence-electron chi connectivity index (χ1n) is 4.95. The molecule has 5 nitrogen and oxygen atoms in total. The molecule has 1 atom stereocenters. The molecule has 0 amide bonds. The molecule has 92 valence electrons. The summed E-state index contributed by atoms with van der Waals surface area (Å²) in [4.78, 5) is 0. The van der Waals surface area contributed by atoms with Crippen LogP contribution in [-0.2, 0) is 14.8 Å². The van der Waals surface area contributed by atoms with Crippen molar-refractivity contribution in [2.24, 2.45) is 0 Å². The molecule has 0 saturated carbocycles. The van der Waals surface area contributed by atoms with Gasteiger partial charge in [0.2, 0.25) is 10.0 Å². The SMILES string of the molecule is CC(C)O[C@H](CCO)CN(C)S(C)(=O)=O. The van der Waals surface area contributed by atoms with Gasteiger partial charge in [0.15, 0.2) is 0 Å². The van der Waals surface area contributed by atoms with Crippen LogP contribution >= 0.6 is 0 Å². The number of likely N-dealkylation sites (N-methyl/N-ethyl adjacent to an activating group) is 1. The Labute approximate surface area is 92.1 Å². The van der Waals surface area contributed by atoms with Crippen molar-refractivity contribution in [2.75, 3.05) is 26.5 Å². The van der Waals surface area contributed by atoms with Gasteiger partial charge in [-0.05, 0) is 20.3 Å². The molecular weight excluding hydrogens is 218 g/mol. The van der Waals surface area contributed by atoms with E-state index in [1.807, 2.05) is 13.8 Å². The molecule has 0 bridgehead atoms. The molecule has 6 heteroatoms. The number of sulfonamides is 1. The second kappa shape index (κ2) is 6.42. The number of rotatable bonds is 7. The van der Waals surface area contributed by atoms with Gasteiger partial charge in [-0.3, -0.25) is 0 Å². The van der Waals surface area contributed by atoms with Crippen molar-refractivity contribution in [2.45, 2.75) is 32.5 Å². The van der Waals surface area contributed by atoms with Crippen LogP contribution in [-0.4, -0.2) is 56.5 Å². The molecule has 0 aromatic carbocycles. The van der Waals surface area contributed by atoms with Crippen molar-refractivity contribution in [1.82, 2.24) is 4.31 Å². The summed E-state index contributed by atoms with van der Waals surface area (Å²) in [5, 5.41) is 8.82. The summed E-state index contributed by atoms with van der Waals surface area (Å²) in [6.07, 6.45) is 1.36. The van der Waals surface area contributed by atoms with Crippen molar-refractivity contribution >= 4 is 10.0 Å². The average molecular weight is 239 g/mol. The Balaban J connectivity index is 4.28. The normalized spacial score (nSPS) is 14.9. The fourth-order valence-corrected chi connectivity index (χ4v) is 1.59. The second-order valence-electron chi connectivity index (χ2n) is 3.86. The Hall–Kier alpha value is -0.170. The summed E-state index contributed by atoms with van der Waals surface area (Å²) >= 11 is 0. The summed E-state index contributed by atoms with van der Waals surface area (Å²) < 4.78 is 29.1. The van der Waals surface area contributed by atoms with Crippen LogP contribution in [0.2, 0.25) is 0 Å². The highest BCUT2D eigenvalue weighted by atomic mass is 32.2. The predicted octanol–water partition coefficient (Wildman–Crippen LogP) is 0.0538. The first-order valence-corrected chi connectivity index (χ1v) is 6.79. The van der Waals surface area contributed by atoms with Gasteiger partial charge in [-0.1, -0.05) is 0 Å². The van der Waals surface area contributed by atoms with Gasteiger partial charge in [-0.25, -0.2) is 12.7 Å². The van der Waals surface area contributed by atoms with Gasteiger partial charge in [0.05, 0.1) is 18.5 Å². The smallest absolute Gasteiger partial charge is 0.211 e. The Morgan fingerprint density at radius 2 is 1.93 bits per heavy atom. The zero-order valence-electron chi connectivity index (χ0n) is 9.80. The molecule has 1 N–H and O–H groups in total. The highest BCUT2D eigenvalue weighted by Crippen LogP contribution is 2.06. The van der Waals surface area contributed by atoms with Gasteiger partial charge in [0.1, 0.15) is 0 Å². The van der Waals surface area contributed by atoms with E-state index in [1.54, 1.807) is 0 Å². The Morgan fingerprint density at radius 1 is 1.40 bits per heavy atom. The fourth-order valence-electron chi connectivity index (χ4n) is 1.15. The Morgan fingerprint density at radius 3 is 2.27 bits per heavy atom. The molecule has 0 aromatic heterocycles. The maximum atomic E-state index is 11.2. The van der Waals surface area contributed by atoms with Crippen LogP contribution in [0.3, 0.4) is 0 Å². The van der Waals surface area contributed by atoms with Crippen molar-refractivity contribution in [3.63, 3.8) is 0 Å². The first-order chi connectivity index (χ1) is 6.77. The van der Waals surface area contributed by atoms with Gasteiger partial charge < -0.3 is 9.84 Å². The lowest BCUT2D eigenvalue weighted by atomic mass is 10.2. The van der Waals surface area contributed by atoms with E-state index in [2.05, 4.69) is 0 Å². The third-order valence-electron chi connectivity index (χ3n) is 1.94. The van der Waals surface area contributed by atoms with Gasteiger partial charge >= 0.3 is 0 Å². The second-order valence-corrected chi connectivity index (χ2v) is 5.95. The van der Waals surface area contributed by atoms with E-state index in [9.17, 15) is 8.42 Å². The molecule has 0 rings (SSSR count). The molecule has 0 spiro atoms. The molecule has 15 heavy (non-hydrogen) atoms. The molecule has 0 unspecified atom stereocenters. The van der Waals surface area contributed by atoms with Crippen LogP contribution in [0.1, 0.15) is 20.3 Å². The number of aliphatic hydroxyl groups excluding tert-OH is 1. The molecule has 0 fully saturated rings. The first kappa shape index (κ1) is 14.8. The minimum atomic E-state index is -3.18. The van der Waals surface area contributed by atoms with Gasteiger partial charge in [0.25, 0.3) is 0 Å². The summed E-state index contributed by atoms with van der Waals surface area (Å²) in [7, 11) is -1.68. The summed E-state index contributed by atoms with van der Waals surface area (Å²) in [6.45, 7) is 4.03.